The number of aryl methyl sites for hydroxylation is 2. The monoisotopic (exact) mass is 350 g/mol. The summed E-state index contributed by atoms with van der Waals surface area (Å²) in [5.74, 6) is -0.783. The van der Waals surface area contributed by atoms with Crippen molar-refractivity contribution < 1.29 is 14.4 Å². The molecule has 2 rings (SSSR count). The van der Waals surface area contributed by atoms with Crippen molar-refractivity contribution in [1.82, 2.24) is 0 Å². The van der Waals surface area contributed by atoms with Crippen LogP contribution in [-0.4, -0.2) is 17.6 Å². The van der Waals surface area contributed by atoms with Gasteiger partial charge in [-0.25, -0.2) is 0 Å². The lowest BCUT2D eigenvalue weighted by Crippen LogP contribution is -2.16. The fourth-order valence-corrected chi connectivity index (χ4v) is 2.40. The molecule has 2 aromatic carbocycles. The van der Waals surface area contributed by atoms with E-state index in [0.29, 0.717) is 22.5 Å². The van der Waals surface area contributed by atoms with Crippen molar-refractivity contribution in [2.24, 2.45) is 0 Å². The molecule has 0 heterocycles. The first-order chi connectivity index (χ1) is 12.3. The summed E-state index contributed by atoms with van der Waals surface area (Å²) in [5, 5.41) is 5.47. The lowest BCUT2D eigenvalue weighted by molar-refractivity contribution is -0.114. The normalized spacial score (nSPS) is 11.0. The maximum atomic E-state index is 12.3. The Morgan fingerprint density at radius 3 is 2.12 bits per heavy atom. The number of rotatable bonds is 5. The molecule has 0 aromatic heterocycles. The Morgan fingerprint density at radius 1 is 0.885 bits per heavy atom. The fourth-order valence-electron chi connectivity index (χ4n) is 2.40. The van der Waals surface area contributed by atoms with Crippen LogP contribution in [0.4, 0.5) is 11.4 Å². The SMILES string of the molecule is CC(=O)c1ccc(NC(=O)/C=C(\C)C(=O)Nc2ccc(C)cc2C)cc1. The minimum atomic E-state index is -0.408. The molecular formula is C21H22N2O3. The van der Waals surface area contributed by atoms with Crippen LogP contribution in [0.3, 0.4) is 0 Å². The van der Waals surface area contributed by atoms with Crippen LogP contribution in [0.2, 0.25) is 0 Å². The Balaban J connectivity index is 2.01. The van der Waals surface area contributed by atoms with E-state index in [4.69, 9.17) is 0 Å². The molecule has 0 atom stereocenters. The van der Waals surface area contributed by atoms with Gasteiger partial charge in [0.15, 0.2) is 5.78 Å². The zero-order chi connectivity index (χ0) is 19.3. The predicted octanol–water partition coefficient (Wildman–Crippen LogP) is 4.03. The Bertz CT molecular complexity index is 881. The number of amides is 2. The van der Waals surface area contributed by atoms with Crippen molar-refractivity contribution in [2.45, 2.75) is 27.7 Å². The van der Waals surface area contributed by atoms with Gasteiger partial charge < -0.3 is 10.6 Å². The smallest absolute Gasteiger partial charge is 0.251 e. The standard InChI is InChI=1S/C21H22N2O3/c1-13-5-10-19(14(2)11-13)23-21(26)15(3)12-20(25)22-18-8-6-17(7-9-18)16(4)24/h5-12H,1-4H3,(H,22,25)(H,23,26)/b15-12+. The zero-order valence-electron chi connectivity index (χ0n) is 15.3. The van der Waals surface area contributed by atoms with E-state index in [0.717, 1.165) is 11.1 Å². The van der Waals surface area contributed by atoms with Crippen LogP contribution in [0.15, 0.2) is 54.1 Å². The molecule has 26 heavy (non-hydrogen) atoms. The van der Waals surface area contributed by atoms with Crippen LogP contribution in [-0.2, 0) is 9.59 Å². The topological polar surface area (TPSA) is 75.3 Å². The zero-order valence-corrected chi connectivity index (χ0v) is 15.3. The summed E-state index contributed by atoms with van der Waals surface area (Å²) in [5.41, 5.74) is 4.21. The molecule has 0 unspecified atom stereocenters. The number of carbonyl (C=O) groups excluding carboxylic acids is 3. The average Bonchev–Trinajstić information content (AvgIpc) is 2.57. The number of hydrogen-bond acceptors (Lipinski definition) is 3. The van der Waals surface area contributed by atoms with Crippen molar-refractivity contribution in [3.05, 3.63) is 70.8 Å². The van der Waals surface area contributed by atoms with Crippen LogP contribution < -0.4 is 10.6 Å². The average molecular weight is 350 g/mol. The summed E-state index contributed by atoms with van der Waals surface area (Å²) in [6.45, 7) is 6.96. The van der Waals surface area contributed by atoms with Gasteiger partial charge in [-0.2, -0.15) is 0 Å². The largest absolute Gasteiger partial charge is 0.323 e. The molecule has 0 radical (unpaired) electrons. The molecule has 0 aliphatic heterocycles. The minimum Gasteiger partial charge on any atom is -0.323 e. The second kappa shape index (κ2) is 8.25. The first-order valence-electron chi connectivity index (χ1n) is 8.25. The molecule has 0 aliphatic rings. The number of hydrogen-bond donors (Lipinski definition) is 2. The van der Waals surface area contributed by atoms with Crippen molar-refractivity contribution >= 4 is 29.0 Å². The van der Waals surface area contributed by atoms with E-state index in [1.54, 1.807) is 31.2 Å². The molecule has 0 bridgehead atoms. The number of nitrogens with one attached hydrogen (secondary N) is 2. The second-order valence-electron chi connectivity index (χ2n) is 6.22. The third-order valence-electron chi connectivity index (χ3n) is 3.89. The lowest BCUT2D eigenvalue weighted by Gasteiger charge is -2.09. The Kier molecular flexibility index (Phi) is 6.07. The van der Waals surface area contributed by atoms with E-state index < -0.39 is 5.91 Å². The number of ketones is 1. The highest BCUT2D eigenvalue weighted by Gasteiger charge is 2.09. The van der Waals surface area contributed by atoms with Gasteiger partial charge in [-0.1, -0.05) is 17.7 Å². The first kappa shape index (κ1) is 19.1. The van der Waals surface area contributed by atoms with Crippen molar-refractivity contribution in [3.8, 4) is 0 Å². The van der Waals surface area contributed by atoms with Crippen LogP contribution in [0.1, 0.15) is 35.3 Å². The summed E-state index contributed by atoms with van der Waals surface area (Å²) >= 11 is 0. The van der Waals surface area contributed by atoms with Crippen molar-refractivity contribution in [1.29, 1.82) is 0 Å². The first-order valence-corrected chi connectivity index (χ1v) is 8.25. The van der Waals surface area contributed by atoms with E-state index in [9.17, 15) is 14.4 Å². The summed E-state index contributed by atoms with van der Waals surface area (Å²) < 4.78 is 0. The van der Waals surface area contributed by atoms with Gasteiger partial charge in [0.2, 0.25) is 5.91 Å². The van der Waals surface area contributed by atoms with E-state index in [-0.39, 0.29) is 11.7 Å². The summed E-state index contributed by atoms with van der Waals surface area (Å²) in [7, 11) is 0. The highest BCUT2D eigenvalue weighted by Crippen LogP contribution is 2.17. The van der Waals surface area contributed by atoms with E-state index in [1.807, 2.05) is 32.0 Å². The van der Waals surface area contributed by atoms with Crippen molar-refractivity contribution in [2.75, 3.05) is 10.6 Å². The predicted molar refractivity (Wildman–Crippen MR) is 103 cm³/mol. The van der Waals surface area contributed by atoms with Crippen LogP contribution in [0, 0.1) is 13.8 Å². The molecule has 5 nitrogen and oxygen atoms in total. The molecule has 0 saturated heterocycles. The fraction of sp³-hybridized carbons (Fsp3) is 0.190. The van der Waals surface area contributed by atoms with E-state index in [1.165, 1.54) is 13.0 Å². The quantitative estimate of drug-likeness (QED) is 0.631. The summed E-state index contributed by atoms with van der Waals surface area (Å²) in [4.78, 5) is 35.6. The third kappa shape index (κ3) is 5.14. The molecule has 2 aromatic rings. The molecule has 0 fully saturated rings. The molecule has 0 saturated carbocycles. The Hall–Kier alpha value is -3.21. The second-order valence-corrected chi connectivity index (χ2v) is 6.22. The number of anilines is 2. The maximum absolute atomic E-state index is 12.3. The van der Waals surface area contributed by atoms with Gasteiger partial charge in [-0.15, -0.1) is 0 Å². The molecule has 5 heteroatoms. The minimum absolute atomic E-state index is 0.0401. The molecule has 134 valence electrons. The molecule has 0 aliphatic carbocycles. The van der Waals surface area contributed by atoms with E-state index >= 15 is 0 Å². The van der Waals surface area contributed by atoms with Crippen LogP contribution in [0.25, 0.3) is 0 Å². The number of benzene rings is 2. The molecule has 2 amide bonds. The maximum Gasteiger partial charge on any atom is 0.251 e. The summed E-state index contributed by atoms with van der Waals surface area (Å²) in [6, 6.07) is 12.3. The van der Waals surface area contributed by atoms with Crippen molar-refractivity contribution in [3.63, 3.8) is 0 Å². The summed E-state index contributed by atoms with van der Waals surface area (Å²) in [6.07, 6.45) is 1.25. The van der Waals surface area contributed by atoms with Gasteiger partial charge in [-0.3, -0.25) is 14.4 Å². The molecule has 2 N–H and O–H groups in total. The highest BCUT2D eigenvalue weighted by molar-refractivity contribution is 6.10. The number of Topliss-reactive ketones (excluding diaryl/α,β-unsaturated/α-hetero) is 1. The lowest BCUT2D eigenvalue weighted by atomic mass is 10.1. The van der Waals surface area contributed by atoms with Gasteiger partial charge in [0, 0.05) is 28.6 Å². The van der Waals surface area contributed by atoms with Gasteiger partial charge in [0.25, 0.3) is 5.91 Å². The Labute approximate surface area is 153 Å². The third-order valence-corrected chi connectivity index (χ3v) is 3.89. The molecule has 0 spiro atoms. The van der Waals surface area contributed by atoms with Crippen LogP contribution in [0.5, 0.6) is 0 Å². The van der Waals surface area contributed by atoms with Gasteiger partial charge in [0.05, 0.1) is 0 Å². The van der Waals surface area contributed by atoms with Gasteiger partial charge in [0.1, 0.15) is 0 Å². The van der Waals surface area contributed by atoms with Gasteiger partial charge in [-0.05, 0) is 63.6 Å². The van der Waals surface area contributed by atoms with E-state index in [2.05, 4.69) is 10.6 Å². The molecular weight excluding hydrogens is 328 g/mol. The van der Waals surface area contributed by atoms with Crippen LogP contribution >= 0.6 is 0 Å². The number of carbonyl (C=O) groups is 3. The Morgan fingerprint density at radius 2 is 1.54 bits per heavy atom. The van der Waals surface area contributed by atoms with Gasteiger partial charge >= 0.3 is 0 Å². The highest BCUT2D eigenvalue weighted by atomic mass is 16.2.